The van der Waals surface area contributed by atoms with Gasteiger partial charge in [-0.05, 0) is 35.2 Å². The second-order valence-electron chi connectivity index (χ2n) is 4.92. The van der Waals surface area contributed by atoms with Crippen LogP contribution in [0.5, 0.6) is 0 Å². The zero-order valence-electron chi connectivity index (χ0n) is 11.3. The van der Waals surface area contributed by atoms with Crippen LogP contribution in [0.2, 0.25) is 0 Å². The standard InChI is InChI=1S/C13H17BrN4S/c1-7(2)4-10-12(14)13(15)18-11(17-10)5-9-6-19-8(3)16-9/h6-7H,4-5H2,1-3H3,(H2,15,17,18). The first-order valence-corrected chi connectivity index (χ1v) is 7.84. The van der Waals surface area contributed by atoms with Gasteiger partial charge in [0.2, 0.25) is 0 Å². The number of aryl methyl sites for hydroxylation is 1. The Bertz CT molecular complexity index is 580. The fourth-order valence-corrected chi connectivity index (χ4v) is 2.77. The van der Waals surface area contributed by atoms with Gasteiger partial charge in [-0.3, -0.25) is 0 Å². The van der Waals surface area contributed by atoms with Crippen LogP contribution in [0.15, 0.2) is 9.85 Å². The average molecular weight is 341 g/mol. The Balaban J connectivity index is 2.28. The molecule has 0 radical (unpaired) electrons. The summed E-state index contributed by atoms with van der Waals surface area (Å²) in [6.07, 6.45) is 1.52. The van der Waals surface area contributed by atoms with E-state index in [1.54, 1.807) is 11.3 Å². The largest absolute Gasteiger partial charge is 0.383 e. The minimum absolute atomic E-state index is 0.507. The van der Waals surface area contributed by atoms with Crippen molar-refractivity contribution in [3.8, 4) is 0 Å². The third kappa shape index (κ3) is 3.73. The Kier molecular flexibility index (Phi) is 4.52. The van der Waals surface area contributed by atoms with Crippen LogP contribution >= 0.6 is 27.3 Å². The van der Waals surface area contributed by atoms with Crippen molar-refractivity contribution in [2.45, 2.75) is 33.6 Å². The SMILES string of the molecule is Cc1nc(Cc2nc(N)c(Br)c(CC(C)C)n2)cs1. The normalized spacial score (nSPS) is 11.2. The van der Waals surface area contributed by atoms with Gasteiger partial charge in [-0.2, -0.15) is 0 Å². The molecule has 0 saturated carbocycles. The van der Waals surface area contributed by atoms with Crippen molar-refractivity contribution >= 4 is 33.1 Å². The van der Waals surface area contributed by atoms with Gasteiger partial charge >= 0.3 is 0 Å². The molecule has 0 aliphatic carbocycles. The van der Waals surface area contributed by atoms with Crippen LogP contribution in [0.4, 0.5) is 5.82 Å². The molecule has 2 N–H and O–H groups in total. The van der Waals surface area contributed by atoms with Gasteiger partial charge in [-0.1, -0.05) is 13.8 Å². The van der Waals surface area contributed by atoms with E-state index in [1.807, 2.05) is 12.3 Å². The van der Waals surface area contributed by atoms with Gasteiger partial charge < -0.3 is 5.73 Å². The second kappa shape index (κ2) is 5.96. The lowest BCUT2D eigenvalue weighted by Crippen LogP contribution is -2.08. The highest BCUT2D eigenvalue weighted by Gasteiger charge is 2.12. The highest BCUT2D eigenvalue weighted by atomic mass is 79.9. The first kappa shape index (κ1) is 14.4. The Labute approximate surface area is 125 Å². The summed E-state index contributed by atoms with van der Waals surface area (Å²) >= 11 is 5.11. The second-order valence-corrected chi connectivity index (χ2v) is 6.77. The lowest BCUT2D eigenvalue weighted by atomic mass is 10.1. The van der Waals surface area contributed by atoms with Crippen molar-refractivity contribution < 1.29 is 0 Å². The molecule has 0 atom stereocenters. The van der Waals surface area contributed by atoms with Crippen LogP contribution in [0, 0.1) is 12.8 Å². The molecule has 2 aromatic heterocycles. The number of nitrogens with two attached hydrogens (primary N) is 1. The van der Waals surface area contributed by atoms with E-state index in [0.717, 1.165) is 33.1 Å². The smallest absolute Gasteiger partial charge is 0.141 e. The minimum atomic E-state index is 0.507. The van der Waals surface area contributed by atoms with E-state index < -0.39 is 0 Å². The number of thiazole rings is 1. The van der Waals surface area contributed by atoms with Gasteiger partial charge in [0.05, 0.1) is 27.3 Å². The number of rotatable bonds is 4. The molecule has 19 heavy (non-hydrogen) atoms. The molecule has 4 nitrogen and oxygen atoms in total. The zero-order valence-corrected chi connectivity index (χ0v) is 13.7. The number of aromatic nitrogens is 3. The van der Waals surface area contributed by atoms with Gasteiger partial charge in [-0.25, -0.2) is 15.0 Å². The monoisotopic (exact) mass is 340 g/mol. The molecule has 2 heterocycles. The molecule has 2 rings (SSSR count). The van der Waals surface area contributed by atoms with E-state index in [2.05, 4.69) is 44.7 Å². The summed E-state index contributed by atoms with van der Waals surface area (Å²) in [6, 6.07) is 0. The molecule has 0 amide bonds. The molecule has 0 fully saturated rings. The van der Waals surface area contributed by atoms with E-state index in [4.69, 9.17) is 5.73 Å². The van der Waals surface area contributed by atoms with Crippen molar-refractivity contribution in [3.05, 3.63) is 32.1 Å². The summed E-state index contributed by atoms with van der Waals surface area (Å²) in [5.74, 6) is 1.77. The maximum Gasteiger partial charge on any atom is 0.141 e. The molecular formula is C13H17BrN4S. The van der Waals surface area contributed by atoms with Crippen molar-refractivity contribution in [3.63, 3.8) is 0 Å². The van der Waals surface area contributed by atoms with Gasteiger partial charge in [0.1, 0.15) is 11.6 Å². The Hall–Kier alpha value is -1.01. The van der Waals surface area contributed by atoms with Crippen LogP contribution < -0.4 is 5.73 Å². The molecule has 102 valence electrons. The summed E-state index contributed by atoms with van der Waals surface area (Å²) in [6.45, 7) is 6.32. The molecule has 2 aromatic rings. The lowest BCUT2D eigenvalue weighted by molar-refractivity contribution is 0.629. The van der Waals surface area contributed by atoms with Crippen LogP contribution in [-0.2, 0) is 12.8 Å². The Morgan fingerprint density at radius 2 is 2.05 bits per heavy atom. The van der Waals surface area contributed by atoms with Crippen molar-refractivity contribution in [1.29, 1.82) is 0 Å². The third-order valence-electron chi connectivity index (χ3n) is 2.60. The maximum absolute atomic E-state index is 5.94. The number of anilines is 1. The summed E-state index contributed by atoms with van der Waals surface area (Å²) < 4.78 is 0.819. The highest BCUT2D eigenvalue weighted by molar-refractivity contribution is 9.10. The Morgan fingerprint density at radius 3 is 2.63 bits per heavy atom. The van der Waals surface area contributed by atoms with E-state index >= 15 is 0 Å². The lowest BCUT2D eigenvalue weighted by Gasteiger charge is -2.10. The topological polar surface area (TPSA) is 64.7 Å². The van der Waals surface area contributed by atoms with Gasteiger partial charge in [0.15, 0.2) is 0 Å². The molecule has 0 aliphatic rings. The molecular weight excluding hydrogens is 324 g/mol. The number of nitrogen functional groups attached to an aromatic ring is 1. The molecule has 0 aromatic carbocycles. The van der Waals surface area contributed by atoms with Crippen LogP contribution in [0.3, 0.4) is 0 Å². The molecule has 0 bridgehead atoms. The van der Waals surface area contributed by atoms with Gasteiger partial charge in [-0.15, -0.1) is 11.3 Å². The molecule has 0 spiro atoms. The molecule has 0 aliphatic heterocycles. The minimum Gasteiger partial charge on any atom is -0.383 e. The summed E-state index contributed by atoms with van der Waals surface area (Å²) in [5.41, 5.74) is 7.92. The fourth-order valence-electron chi connectivity index (χ4n) is 1.82. The number of nitrogens with zero attached hydrogens (tertiary/aromatic N) is 3. The predicted octanol–water partition coefficient (Wildman–Crippen LogP) is 3.38. The van der Waals surface area contributed by atoms with Crippen molar-refractivity contribution in [2.75, 3.05) is 5.73 Å². The molecule has 0 unspecified atom stereocenters. The summed E-state index contributed by atoms with van der Waals surface area (Å²) in [7, 11) is 0. The van der Waals surface area contributed by atoms with Crippen molar-refractivity contribution in [1.82, 2.24) is 15.0 Å². The van der Waals surface area contributed by atoms with Crippen LogP contribution in [0.1, 0.15) is 36.1 Å². The molecule has 6 heteroatoms. The zero-order chi connectivity index (χ0) is 14.0. The van der Waals surface area contributed by atoms with Crippen LogP contribution in [0.25, 0.3) is 0 Å². The first-order chi connectivity index (χ1) is 8.95. The van der Waals surface area contributed by atoms with E-state index in [1.165, 1.54) is 0 Å². The Morgan fingerprint density at radius 1 is 1.32 bits per heavy atom. The number of halogens is 1. The van der Waals surface area contributed by atoms with E-state index in [0.29, 0.717) is 18.2 Å². The molecule has 0 saturated heterocycles. The third-order valence-corrected chi connectivity index (χ3v) is 4.29. The van der Waals surface area contributed by atoms with Crippen LogP contribution in [-0.4, -0.2) is 15.0 Å². The fraction of sp³-hybridized carbons (Fsp3) is 0.462. The average Bonchev–Trinajstić information content (AvgIpc) is 2.70. The number of hydrogen-bond donors (Lipinski definition) is 1. The number of hydrogen-bond acceptors (Lipinski definition) is 5. The van der Waals surface area contributed by atoms with Gasteiger partial charge in [0, 0.05) is 5.38 Å². The van der Waals surface area contributed by atoms with Crippen molar-refractivity contribution in [2.24, 2.45) is 5.92 Å². The maximum atomic E-state index is 5.94. The van der Waals surface area contributed by atoms with E-state index in [-0.39, 0.29) is 0 Å². The van der Waals surface area contributed by atoms with Gasteiger partial charge in [0.25, 0.3) is 0 Å². The summed E-state index contributed by atoms with van der Waals surface area (Å²) in [5, 5.41) is 3.10. The first-order valence-electron chi connectivity index (χ1n) is 6.17. The predicted molar refractivity (Wildman–Crippen MR) is 82.3 cm³/mol. The quantitative estimate of drug-likeness (QED) is 0.926. The summed E-state index contributed by atoms with van der Waals surface area (Å²) in [4.78, 5) is 13.4. The van der Waals surface area contributed by atoms with E-state index in [9.17, 15) is 0 Å². The highest BCUT2D eigenvalue weighted by Crippen LogP contribution is 2.24.